The fourth-order valence-corrected chi connectivity index (χ4v) is 3.09. The Hall–Kier alpha value is -1.02. The first-order valence-electron chi connectivity index (χ1n) is 6.50. The molecular weight excluding hydrogens is 210 g/mol. The first kappa shape index (κ1) is 12.4. The van der Waals surface area contributed by atoms with Crippen molar-refractivity contribution in [2.45, 2.75) is 45.1 Å². The van der Waals surface area contributed by atoms with Gasteiger partial charge in [0.15, 0.2) is 0 Å². The summed E-state index contributed by atoms with van der Waals surface area (Å²) in [6.45, 7) is 7.86. The molecule has 0 bridgehead atoms. The quantitative estimate of drug-likeness (QED) is 0.866. The summed E-state index contributed by atoms with van der Waals surface area (Å²) in [5.74, 6) is 1.03. The summed E-state index contributed by atoms with van der Waals surface area (Å²) < 4.78 is 5.54. The average molecular weight is 233 g/mol. The monoisotopic (exact) mass is 233 g/mol. The normalized spacial score (nSPS) is 28.4. The second-order valence-corrected chi connectivity index (χ2v) is 5.29. The van der Waals surface area contributed by atoms with Crippen molar-refractivity contribution in [1.82, 2.24) is 5.32 Å². The van der Waals surface area contributed by atoms with E-state index in [1.54, 1.807) is 7.11 Å². The van der Waals surface area contributed by atoms with E-state index in [9.17, 15) is 0 Å². The van der Waals surface area contributed by atoms with Crippen LogP contribution in [0.5, 0.6) is 5.75 Å². The first-order valence-corrected chi connectivity index (χ1v) is 6.50. The zero-order valence-electron chi connectivity index (χ0n) is 11.3. The number of benzene rings is 1. The van der Waals surface area contributed by atoms with Crippen LogP contribution in [0, 0.1) is 6.92 Å². The molecule has 1 fully saturated rings. The van der Waals surface area contributed by atoms with Crippen molar-refractivity contribution < 1.29 is 4.74 Å². The maximum absolute atomic E-state index is 5.54. The van der Waals surface area contributed by atoms with Gasteiger partial charge < -0.3 is 10.1 Å². The molecule has 2 heteroatoms. The molecule has 1 aromatic carbocycles. The molecule has 2 nitrogen and oxygen atoms in total. The van der Waals surface area contributed by atoms with Gasteiger partial charge in [-0.2, -0.15) is 0 Å². The molecule has 1 N–H and O–H groups in total. The maximum atomic E-state index is 5.54. The molecule has 17 heavy (non-hydrogen) atoms. The second-order valence-electron chi connectivity index (χ2n) is 5.29. The van der Waals surface area contributed by atoms with E-state index in [0.29, 0.717) is 6.04 Å². The zero-order chi connectivity index (χ0) is 12.5. The van der Waals surface area contributed by atoms with Gasteiger partial charge in [0.25, 0.3) is 0 Å². The Morgan fingerprint density at radius 1 is 1.47 bits per heavy atom. The lowest BCUT2D eigenvalue weighted by Gasteiger charge is -2.32. The highest BCUT2D eigenvalue weighted by Gasteiger charge is 2.40. The molecule has 0 radical (unpaired) electrons. The van der Waals surface area contributed by atoms with Crippen LogP contribution in [0.15, 0.2) is 18.2 Å². The van der Waals surface area contributed by atoms with E-state index in [4.69, 9.17) is 4.74 Å². The number of methoxy groups -OCH3 is 1. The molecule has 0 saturated carbocycles. The van der Waals surface area contributed by atoms with Crippen LogP contribution in [-0.4, -0.2) is 19.7 Å². The molecular formula is C15H23NO. The number of ether oxygens (including phenoxy) is 1. The maximum Gasteiger partial charge on any atom is 0.122 e. The molecule has 2 rings (SSSR count). The molecule has 1 aliphatic heterocycles. The number of aryl methyl sites for hydroxylation is 1. The van der Waals surface area contributed by atoms with E-state index in [1.165, 1.54) is 17.5 Å². The standard InChI is InChI=1S/C15H23NO/c1-5-14-15(3,8-9-16-14)12-10-11(2)6-7-13(12)17-4/h6-7,10,14,16H,5,8-9H2,1-4H3. The molecule has 2 atom stereocenters. The van der Waals surface area contributed by atoms with Crippen molar-refractivity contribution in [3.05, 3.63) is 29.3 Å². The Labute approximate surface area is 104 Å². The van der Waals surface area contributed by atoms with E-state index in [-0.39, 0.29) is 5.41 Å². The van der Waals surface area contributed by atoms with E-state index in [0.717, 1.165) is 18.7 Å². The van der Waals surface area contributed by atoms with Crippen LogP contribution in [0.25, 0.3) is 0 Å². The number of hydrogen-bond donors (Lipinski definition) is 1. The minimum atomic E-state index is 0.201. The Balaban J connectivity index is 2.47. The third-order valence-corrected chi connectivity index (χ3v) is 4.18. The van der Waals surface area contributed by atoms with Gasteiger partial charge in [-0.3, -0.25) is 0 Å². The summed E-state index contributed by atoms with van der Waals surface area (Å²) in [5.41, 5.74) is 2.87. The lowest BCUT2D eigenvalue weighted by Crippen LogP contribution is -2.37. The van der Waals surface area contributed by atoms with Crippen LogP contribution in [0.4, 0.5) is 0 Å². The summed E-state index contributed by atoms with van der Waals surface area (Å²) >= 11 is 0. The van der Waals surface area contributed by atoms with E-state index >= 15 is 0 Å². The van der Waals surface area contributed by atoms with Gasteiger partial charge in [-0.15, -0.1) is 0 Å². The van der Waals surface area contributed by atoms with Crippen molar-refractivity contribution in [3.8, 4) is 5.75 Å². The minimum absolute atomic E-state index is 0.201. The van der Waals surface area contributed by atoms with Gasteiger partial charge >= 0.3 is 0 Å². The number of nitrogens with one attached hydrogen (secondary N) is 1. The van der Waals surface area contributed by atoms with Gasteiger partial charge in [0, 0.05) is 17.0 Å². The summed E-state index contributed by atoms with van der Waals surface area (Å²) in [6, 6.07) is 7.06. The van der Waals surface area contributed by atoms with Crippen LogP contribution < -0.4 is 10.1 Å². The molecule has 1 aliphatic rings. The molecule has 2 unspecified atom stereocenters. The molecule has 0 aromatic heterocycles. The summed E-state index contributed by atoms with van der Waals surface area (Å²) in [4.78, 5) is 0. The van der Waals surface area contributed by atoms with E-state index < -0.39 is 0 Å². The number of rotatable bonds is 3. The largest absolute Gasteiger partial charge is 0.496 e. The van der Waals surface area contributed by atoms with Crippen molar-refractivity contribution in [2.24, 2.45) is 0 Å². The summed E-state index contributed by atoms with van der Waals surface area (Å²) in [5, 5.41) is 3.61. The topological polar surface area (TPSA) is 21.3 Å². The highest BCUT2D eigenvalue weighted by atomic mass is 16.5. The Bertz CT molecular complexity index is 402. The van der Waals surface area contributed by atoms with Gasteiger partial charge in [0.1, 0.15) is 5.75 Å². The van der Waals surface area contributed by atoms with Gasteiger partial charge in [0.05, 0.1) is 7.11 Å². The van der Waals surface area contributed by atoms with Crippen LogP contribution in [-0.2, 0) is 5.41 Å². The van der Waals surface area contributed by atoms with Crippen LogP contribution in [0.2, 0.25) is 0 Å². The second kappa shape index (κ2) is 4.69. The lowest BCUT2D eigenvalue weighted by atomic mass is 9.74. The van der Waals surface area contributed by atoms with Gasteiger partial charge in [-0.1, -0.05) is 31.5 Å². The van der Waals surface area contributed by atoms with Crippen LogP contribution >= 0.6 is 0 Å². The Morgan fingerprint density at radius 2 is 2.24 bits per heavy atom. The molecule has 0 amide bonds. The zero-order valence-corrected chi connectivity index (χ0v) is 11.3. The third-order valence-electron chi connectivity index (χ3n) is 4.18. The van der Waals surface area contributed by atoms with Crippen LogP contribution in [0.3, 0.4) is 0 Å². The average Bonchev–Trinajstić information content (AvgIpc) is 2.71. The third kappa shape index (κ3) is 2.06. The van der Waals surface area contributed by atoms with Gasteiger partial charge in [-0.05, 0) is 32.4 Å². The van der Waals surface area contributed by atoms with Gasteiger partial charge in [-0.25, -0.2) is 0 Å². The van der Waals surface area contributed by atoms with Crippen molar-refractivity contribution in [3.63, 3.8) is 0 Å². The van der Waals surface area contributed by atoms with Crippen LogP contribution in [0.1, 0.15) is 37.8 Å². The Kier molecular flexibility index (Phi) is 3.43. The van der Waals surface area contributed by atoms with E-state index in [1.807, 2.05) is 0 Å². The predicted molar refractivity (Wildman–Crippen MR) is 71.8 cm³/mol. The van der Waals surface area contributed by atoms with Crippen molar-refractivity contribution in [1.29, 1.82) is 0 Å². The molecule has 1 heterocycles. The molecule has 1 saturated heterocycles. The fraction of sp³-hybridized carbons (Fsp3) is 0.600. The molecule has 94 valence electrons. The minimum Gasteiger partial charge on any atom is -0.496 e. The summed E-state index contributed by atoms with van der Waals surface area (Å²) in [7, 11) is 1.76. The number of hydrogen-bond acceptors (Lipinski definition) is 2. The fourth-order valence-electron chi connectivity index (χ4n) is 3.09. The lowest BCUT2D eigenvalue weighted by molar-refractivity contribution is 0.355. The highest BCUT2D eigenvalue weighted by Crippen LogP contribution is 2.41. The first-order chi connectivity index (χ1) is 8.11. The van der Waals surface area contributed by atoms with E-state index in [2.05, 4.69) is 44.3 Å². The van der Waals surface area contributed by atoms with Crippen molar-refractivity contribution in [2.75, 3.05) is 13.7 Å². The predicted octanol–water partition coefficient (Wildman–Crippen LogP) is 3.03. The summed E-state index contributed by atoms with van der Waals surface area (Å²) in [6.07, 6.45) is 2.35. The molecule has 0 spiro atoms. The smallest absolute Gasteiger partial charge is 0.122 e. The van der Waals surface area contributed by atoms with Crippen molar-refractivity contribution >= 4 is 0 Å². The molecule has 1 aromatic rings. The highest BCUT2D eigenvalue weighted by molar-refractivity contribution is 5.44. The Morgan fingerprint density at radius 3 is 2.88 bits per heavy atom. The van der Waals surface area contributed by atoms with Gasteiger partial charge in [0.2, 0.25) is 0 Å². The molecule has 0 aliphatic carbocycles. The SMILES string of the molecule is CCC1NCCC1(C)c1cc(C)ccc1OC.